The number of anilines is 1. The minimum absolute atomic E-state index is 0.0786. The zero-order valence-electron chi connectivity index (χ0n) is 15.1. The molecule has 4 nitrogen and oxygen atoms in total. The summed E-state index contributed by atoms with van der Waals surface area (Å²) in [5.41, 5.74) is 5.91. The first-order chi connectivity index (χ1) is 12.5. The van der Waals surface area contributed by atoms with Crippen LogP contribution in [0.2, 0.25) is 0 Å². The number of aromatic amines is 1. The van der Waals surface area contributed by atoms with Crippen LogP contribution in [0.15, 0.2) is 47.3 Å². The Kier molecular flexibility index (Phi) is 4.11. The molecule has 0 fully saturated rings. The van der Waals surface area contributed by atoms with Gasteiger partial charge in [0.1, 0.15) is 0 Å². The van der Waals surface area contributed by atoms with Gasteiger partial charge in [0.05, 0.1) is 5.52 Å². The highest BCUT2D eigenvalue weighted by molar-refractivity contribution is 5.95. The van der Waals surface area contributed by atoms with Gasteiger partial charge in [-0.2, -0.15) is 0 Å². The first kappa shape index (κ1) is 16.6. The molecular formula is C22H22N2O2. The van der Waals surface area contributed by atoms with Crippen molar-refractivity contribution in [2.75, 3.05) is 11.4 Å². The minimum atomic E-state index is -0.0981. The SMILES string of the molecule is Cc1cc(C)c2[nH]c(=O)c(CCC(=O)N3CCc4ccccc43)cc2c1. The van der Waals surface area contributed by atoms with Crippen LogP contribution >= 0.6 is 0 Å². The van der Waals surface area contributed by atoms with Gasteiger partial charge in [0.2, 0.25) is 5.91 Å². The predicted octanol–water partition coefficient (Wildman–Crippen LogP) is 3.67. The Morgan fingerprint density at radius 3 is 2.81 bits per heavy atom. The lowest BCUT2D eigenvalue weighted by Crippen LogP contribution is -2.29. The van der Waals surface area contributed by atoms with Crippen LogP contribution < -0.4 is 10.5 Å². The molecule has 1 amide bonds. The van der Waals surface area contributed by atoms with Crippen molar-refractivity contribution in [2.45, 2.75) is 33.1 Å². The van der Waals surface area contributed by atoms with E-state index in [1.807, 2.05) is 43.0 Å². The van der Waals surface area contributed by atoms with Crippen molar-refractivity contribution in [2.24, 2.45) is 0 Å². The van der Waals surface area contributed by atoms with E-state index in [1.54, 1.807) is 0 Å². The minimum Gasteiger partial charge on any atom is -0.321 e. The highest BCUT2D eigenvalue weighted by Crippen LogP contribution is 2.28. The van der Waals surface area contributed by atoms with Gasteiger partial charge in [-0.05, 0) is 61.4 Å². The first-order valence-electron chi connectivity index (χ1n) is 9.04. The molecule has 0 saturated carbocycles. The molecule has 0 aliphatic carbocycles. The lowest BCUT2D eigenvalue weighted by atomic mass is 10.0. The molecule has 2 heterocycles. The van der Waals surface area contributed by atoms with Crippen LogP contribution in [0.5, 0.6) is 0 Å². The second-order valence-electron chi connectivity index (χ2n) is 7.09. The first-order valence-corrected chi connectivity index (χ1v) is 9.04. The number of carbonyl (C=O) groups is 1. The molecule has 0 saturated heterocycles. The third-order valence-corrected chi connectivity index (χ3v) is 5.17. The monoisotopic (exact) mass is 346 g/mol. The Bertz CT molecular complexity index is 1070. The van der Waals surface area contributed by atoms with E-state index in [4.69, 9.17) is 0 Å². The van der Waals surface area contributed by atoms with E-state index in [0.29, 0.717) is 18.4 Å². The van der Waals surface area contributed by atoms with E-state index in [1.165, 1.54) is 5.56 Å². The van der Waals surface area contributed by atoms with E-state index in [0.717, 1.165) is 40.7 Å². The summed E-state index contributed by atoms with van der Waals surface area (Å²) in [7, 11) is 0. The van der Waals surface area contributed by atoms with Crippen LogP contribution in [-0.2, 0) is 17.6 Å². The van der Waals surface area contributed by atoms with Crippen molar-refractivity contribution in [1.82, 2.24) is 4.98 Å². The Morgan fingerprint density at radius 2 is 1.96 bits per heavy atom. The fourth-order valence-electron chi connectivity index (χ4n) is 3.89. The third kappa shape index (κ3) is 2.92. The summed E-state index contributed by atoms with van der Waals surface area (Å²) < 4.78 is 0. The fourth-order valence-corrected chi connectivity index (χ4v) is 3.89. The lowest BCUT2D eigenvalue weighted by molar-refractivity contribution is -0.118. The van der Waals surface area contributed by atoms with Crippen LogP contribution in [0.25, 0.3) is 10.9 Å². The van der Waals surface area contributed by atoms with Gasteiger partial charge in [-0.15, -0.1) is 0 Å². The van der Waals surface area contributed by atoms with Gasteiger partial charge < -0.3 is 9.88 Å². The summed E-state index contributed by atoms with van der Waals surface area (Å²) in [4.78, 5) is 29.9. The maximum atomic E-state index is 12.7. The lowest BCUT2D eigenvalue weighted by Gasteiger charge is -2.17. The van der Waals surface area contributed by atoms with Crippen molar-refractivity contribution >= 4 is 22.5 Å². The summed E-state index contributed by atoms with van der Waals surface area (Å²) in [5, 5.41) is 1.02. The molecule has 1 N–H and O–H groups in total. The number of benzene rings is 2. The quantitative estimate of drug-likeness (QED) is 0.787. The number of rotatable bonds is 3. The normalized spacial score (nSPS) is 13.2. The van der Waals surface area contributed by atoms with Crippen LogP contribution in [-0.4, -0.2) is 17.4 Å². The second kappa shape index (κ2) is 6.45. The smallest absolute Gasteiger partial charge is 0.251 e. The van der Waals surface area contributed by atoms with Gasteiger partial charge >= 0.3 is 0 Å². The summed E-state index contributed by atoms with van der Waals surface area (Å²) in [6.07, 6.45) is 1.69. The topological polar surface area (TPSA) is 53.2 Å². The number of nitrogens with one attached hydrogen (secondary N) is 1. The molecule has 0 spiro atoms. The summed E-state index contributed by atoms with van der Waals surface area (Å²) in [6, 6.07) is 14.1. The molecule has 0 bridgehead atoms. The Labute approximate surface area is 152 Å². The number of nitrogens with zero attached hydrogens (tertiary/aromatic N) is 1. The van der Waals surface area contributed by atoms with E-state index >= 15 is 0 Å². The van der Waals surface area contributed by atoms with Crippen LogP contribution in [0, 0.1) is 13.8 Å². The van der Waals surface area contributed by atoms with E-state index in [-0.39, 0.29) is 11.5 Å². The number of para-hydroxylation sites is 1. The van der Waals surface area contributed by atoms with Gasteiger partial charge in [0, 0.05) is 24.2 Å². The molecule has 4 rings (SSSR count). The van der Waals surface area contributed by atoms with Gasteiger partial charge in [-0.3, -0.25) is 9.59 Å². The molecule has 26 heavy (non-hydrogen) atoms. The Morgan fingerprint density at radius 1 is 1.15 bits per heavy atom. The van der Waals surface area contributed by atoms with Gasteiger partial charge in [-0.1, -0.05) is 29.8 Å². The van der Waals surface area contributed by atoms with E-state index < -0.39 is 0 Å². The molecule has 0 unspecified atom stereocenters. The molecular weight excluding hydrogens is 324 g/mol. The Balaban J connectivity index is 1.56. The number of fused-ring (bicyclic) bond motifs is 2. The zero-order valence-corrected chi connectivity index (χ0v) is 15.1. The molecule has 0 atom stereocenters. The highest BCUT2D eigenvalue weighted by Gasteiger charge is 2.23. The predicted molar refractivity (Wildman–Crippen MR) is 105 cm³/mol. The molecule has 3 aromatic rings. The maximum Gasteiger partial charge on any atom is 0.251 e. The number of H-pyrrole nitrogens is 1. The average molecular weight is 346 g/mol. The number of hydrogen-bond acceptors (Lipinski definition) is 2. The van der Waals surface area contributed by atoms with Crippen molar-refractivity contribution in [1.29, 1.82) is 0 Å². The van der Waals surface area contributed by atoms with Crippen molar-refractivity contribution in [3.8, 4) is 0 Å². The molecule has 1 aliphatic rings. The number of pyridine rings is 1. The standard InChI is InChI=1S/C22H22N2O2/c1-14-11-15(2)21-18(12-14)13-17(22(26)23-21)7-8-20(25)24-10-9-16-5-3-4-6-19(16)24/h3-6,11-13H,7-10H2,1-2H3,(H,23,26). The third-order valence-electron chi connectivity index (χ3n) is 5.17. The molecule has 1 aromatic heterocycles. The van der Waals surface area contributed by atoms with Gasteiger partial charge in [0.25, 0.3) is 5.56 Å². The van der Waals surface area contributed by atoms with Crippen molar-refractivity contribution in [3.05, 3.63) is 75.1 Å². The van der Waals surface area contributed by atoms with Gasteiger partial charge in [0.15, 0.2) is 0 Å². The van der Waals surface area contributed by atoms with Crippen molar-refractivity contribution < 1.29 is 4.79 Å². The second-order valence-corrected chi connectivity index (χ2v) is 7.09. The molecule has 2 aromatic carbocycles. The number of carbonyl (C=O) groups excluding carboxylic acids is 1. The highest BCUT2D eigenvalue weighted by atomic mass is 16.2. The van der Waals surface area contributed by atoms with Crippen molar-refractivity contribution in [3.63, 3.8) is 0 Å². The van der Waals surface area contributed by atoms with E-state index in [9.17, 15) is 9.59 Å². The van der Waals surface area contributed by atoms with E-state index in [2.05, 4.69) is 23.2 Å². The van der Waals surface area contributed by atoms with Crippen LogP contribution in [0.3, 0.4) is 0 Å². The molecule has 1 aliphatic heterocycles. The van der Waals surface area contributed by atoms with Crippen LogP contribution in [0.1, 0.15) is 28.7 Å². The molecule has 4 heteroatoms. The Hall–Kier alpha value is -2.88. The summed E-state index contributed by atoms with van der Waals surface area (Å²) >= 11 is 0. The number of aromatic nitrogens is 1. The number of hydrogen-bond donors (Lipinski definition) is 1. The zero-order chi connectivity index (χ0) is 18.3. The summed E-state index contributed by atoms with van der Waals surface area (Å²) in [6.45, 7) is 4.77. The van der Waals surface area contributed by atoms with Gasteiger partial charge in [-0.25, -0.2) is 0 Å². The average Bonchev–Trinajstić information content (AvgIpc) is 3.04. The maximum absolute atomic E-state index is 12.7. The van der Waals surface area contributed by atoms with Crippen LogP contribution in [0.4, 0.5) is 5.69 Å². The molecule has 0 radical (unpaired) electrons. The number of amides is 1. The summed E-state index contributed by atoms with van der Waals surface area (Å²) in [5.74, 6) is 0.0786. The molecule has 132 valence electrons. The largest absolute Gasteiger partial charge is 0.321 e. The number of aryl methyl sites for hydroxylation is 3. The fraction of sp³-hybridized carbons (Fsp3) is 0.273.